The molecular formula is C11H14FN3O3. The summed E-state index contributed by atoms with van der Waals surface area (Å²) in [5.41, 5.74) is -0.587. The highest BCUT2D eigenvalue weighted by atomic mass is 19.1. The molecule has 1 amide bonds. The lowest BCUT2D eigenvalue weighted by molar-refractivity contribution is -0.385. The molecule has 0 saturated heterocycles. The standard InChI is InChI=1S/C11H14FN3O3/c1-7(13-2)6-14-11(16)9-4-3-8(15(17)18)5-10(9)12/h3-5,7,13H,6H2,1-2H3,(H,14,16). The average molecular weight is 255 g/mol. The van der Waals surface area contributed by atoms with E-state index >= 15 is 0 Å². The molecule has 0 radical (unpaired) electrons. The molecule has 1 atom stereocenters. The summed E-state index contributed by atoms with van der Waals surface area (Å²) in [5.74, 6) is -1.50. The summed E-state index contributed by atoms with van der Waals surface area (Å²) in [6.07, 6.45) is 0. The molecule has 0 saturated carbocycles. The van der Waals surface area contributed by atoms with Crippen LogP contribution in [0, 0.1) is 15.9 Å². The maximum atomic E-state index is 13.5. The number of benzene rings is 1. The van der Waals surface area contributed by atoms with Gasteiger partial charge < -0.3 is 10.6 Å². The molecular weight excluding hydrogens is 241 g/mol. The zero-order chi connectivity index (χ0) is 13.7. The zero-order valence-electron chi connectivity index (χ0n) is 10.1. The monoisotopic (exact) mass is 255 g/mol. The molecule has 6 nitrogen and oxygen atoms in total. The van der Waals surface area contributed by atoms with E-state index in [9.17, 15) is 19.3 Å². The van der Waals surface area contributed by atoms with Crippen LogP contribution in [0.2, 0.25) is 0 Å². The van der Waals surface area contributed by atoms with Crippen LogP contribution in [0.3, 0.4) is 0 Å². The van der Waals surface area contributed by atoms with Gasteiger partial charge in [0.15, 0.2) is 0 Å². The number of hydrogen-bond donors (Lipinski definition) is 2. The van der Waals surface area contributed by atoms with Crippen molar-refractivity contribution < 1.29 is 14.1 Å². The third kappa shape index (κ3) is 3.49. The van der Waals surface area contributed by atoms with E-state index in [1.807, 2.05) is 6.92 Å². The fourth-order valence-electron chi connectivity index (χ4n) is 1.24. The third-order valence-corrected chi connectivity index (χ3v) is 2.47. The van der Waals surface area contributed by atoms with Crippen LogP contribution in [0.5, 0.6) is 0 Å². The third-order valence-electron chi connectivity index (χ3n) is 2.47. The number of nitro groups is 1. The van der Waals surface area contributed by atoms with Crippen LogP contribution in [0.1, 0.15) is 17.3 Å². The number of amides is 1. The minimum atomic E-state index is -0.904. The van der Waals surface area contributed by atoms with Crippen LogP contribution in [0.15, 0.2) is 18.2 Å². The Hall–Kier alpha value is -2.02. The summed E-state index contributed by atoms with van der Waals surface area (Å²) < 4.78 is 13.5. The Balaban J connectivity index is 2.78. The normalized spacial score (nSPS) is 11.9. The lowest BCUT2D eigenvalue weighted by atomic mass is 10.1. The van der Waals surface area contributed by atoms with Crippen LogP contribution < -0.4 is 10.6 Å². The van der Waals surface area contributed by atoms with Crippen molar-refractivity contribution in [1.29, 1.82) is 0 Å². The molecule has 0 bridgehead atoms. The van der Waals surface area contributed by atoms with Gasteiger partial charge in [0.1, 0.15) is 5.82 Å². The second-order valence-corrected chi connectivity index (χ2v) is 3.82. The van der Waals surface area contributed by atoms with E-state index in [0.29, 0.717) is 6.54 Å². The summed E-state index contributed by atoms with van der Waals surface area (Å²) in [7, 11) is 1.74. The smallest absolute Gasteiger partial charge is 0.272 e. The first-order valence-corrected chi connectivity index (χ1v) is 5.35. The van der Waals surface area contributed by atoms with Crippen molar-refractivity contribution in [3.63, 3.8) is 0 Å². The minimum absolute atomic E-state index is 0.0510. The molecule has 7 heteroatoms. The van der Waals surface area contributed by atoms with Gasteiger partial charge in [-0.25, -0.2) is 4.39 Å². The Bertz CT molecular complexity index is 465. The van der Waals surface area contributed by atoms with E-state index in [-0.39, 0.29) is 17.3 Å². The lowest BCUT2D eigenvalue weighted by Gasteiger charge is -2.11. The molecule has 0 spiro atoms. The predicted molar refractivity (Wildman–Crippen MR) is 63.9 cm³/mol. The molecule has 0 heterocycles. The Morgan fingerprint density at radius 2 is 2.22 bits per heavy atom. The maximum absolute atomic E-state index is 13.5. The first-order chi connectivity index (χ1) is 8.45. The van der Waals surface area contributed by atoms with Gasteiger partial charge in [-0.3, -0.25) is 14.9 Å². The quantitative estimate of drug-likeness (QED) is 0.609. The number of nitrogens with zero attached hydrogens (tertiary/aromatic N) is 1. The van der Waals surface area contributed by atoms with Gasteiger partial charge in [-0.15, -0.1) is 0 Å². The number of halogens is 1. The van der Waals surface area contributed by atoms with Crippen LogP contribution in [0.25, 0.3) is 0 Å². The number of carbonyl (C=O) groups excluding carboxylic acids is 1. The molecule has 0 aromatic heterocycles. The summed E-state index contributed by atoms with van der Waals surface area (Å²) in [6.45, 7) is 2.19. The Morgan fingerprint density at radius 1 is 1.56 bits per heavy atom. The second kappa shape index (κ2) is 6.06. The topological polar surface area (TPSA) is 84.3 Å². The number of rotatable bonds is 5. The fraction of sp³-hybridized carbons (Fsp3) is 0.364. The Labute approximate surface area is 103 Å². The van der Waals surface area contributed by atoms with Gasteiger partial charge >= 0.3 is 0 Å². The fourth-order valence-corrected chi connectivity index (χ4v) is 1.24. The first-order valence-electron chi connectivity index (χ1n) is 5.35. The number of likely N-dealkylation sites (N-methyl/N-ethyl adjacent to an activating group) is 1. The second-order valence-electron chi connectivity index (χ2n) is 3.82. The molecule has 0 aliphatic heterocycles. The largest absolute Gasteiger partial charge is 0.350 e. The van der Waals surface area contributed by atoms with Gasteiger partial charge in [0.25, 0.3) is 11.6 Å². The van der Waals surface area contributed by atoms with E-state index in [2.05, 4.69) is 10.6 Å². The number of hydrogen-bond acceptors (Lipinski definition) is 4. The number of nitrogens with one attached hydrogen (secondary N) is 2. The van der Waals surface area contributed by atoms with Crippen molar-refractivity contribution in [2.75, 3.05) is 13.6 Å². The van der Waals surface area contributed by atoms with Gasteiger partial charge in [-0.2, -0.15) is 0 Å². The maximum Gasteiger partial charge on any atom is 0.272 e. The van der Waals surface area contributed by atoms with E-state index in [1.165, 1.54) is 0 Å². The van der Waals surface area contributed by atoms with Crippen LogP contribution in [-0.2, 0) is 0 Å². The Morgan fingerprint density at radius 3 is 2.72 bits per heavy atom. The molecule has 1 rings (SSSR count). The van der Waals surface area contributed by atoms with E-state index in [1.54, 1.807) is 7.05 Å². The molecule has 2 N–H and O–H groups in total. The highest BCUT2D eigenvalue weighted by Crippen LogP contribution is 2.16. The van der Waals surface area contributed by atoms with Crippen LogP contribution in [-0.4, -0.2) is 30.5 Å². The lowest BCUT2D eigenvalue weighted by Crippen LogP contribution is -2.37. The van der Waals surface area contributed by atoms with E-state index in [0.717, 1.165) is 18.2 Å². The molecule has 0 aliphatic carbocycles. The summed E-state index contributed by atoms with van der Waals surface area (Å²) in [4.78, 5) is 21.3. The molecule has 0 aliphatic rings. The number of nitro benzene ring substituents is 1. The van der Waals surface area contributed by atoms with E-state index in [4.69, 9.17) is 0 Å². The first kappa shape index (κ1) is 14.0. The average Bonchev–Trinajstić information content (AvgIpc) is 2.35. The SMILES string of the molecule is CNC(C)CNC(=O)c1ccc([N+](=O)[O-])cc1F. The highest BCUT2D eigenvalue weighted by Gasteiger charge is 2.16. The molecule has 18 heavy (non-hydrogen) atoms. The minimum Gasteiger partial charge on any atom is -0.350 e. The highest BCUT2D eigenvalue weighted by molar-refractivity contribution is 5.94. The van der Waals surface area contributed by atoms with E-state index < -0.39 is 16.6 Å². The van der Waals surface area contributed by atoms with Crippen molar-refractivity contribution in [2.24, 2.45) is 0 Å². The van der Waals surface area contributed by atoms with Gasteiger partial charge in [0.05, 0.1) is 16.6 Å². The molecule has 1 aromatic carbocycles. The Kier molecular flexibility index (Phi) is 4.73. The van der Waals surface area contributed by atoms with Gasteiger partial charge in [-0.05, 0) is 20.0 Å². The summed E-state index contributed by atoms with van der Waals surface area (Å²) >= 11 is 0. The summed E-state index contributed by atoms with van der Waals surface area (Å²) in [6, 6.07) is 2.98. The number of carbonyl (C=O) groups is 1. The van der Waals surface area contributed by atoms with Gasteiger partial charge in [0.2, 0.25) is 0 Å². The van der Waals surface area contributed by atoms with Crippen molar-refractivity contribution in [3.05, 3.63) is 39.7 Å². The van der Waals surface area contributed by atoms with Gasteiger partial charge in [-0.1, -0.05) is 0 Å². The molecule has 98 valence electrons. The van der Waals surface area contributed by atoms with Gasteiger partial charge in [0, 0.05) is 18.7 Å². The van der Waals surface area contributed by atoms with Crippen molar-refractivity contribution in [3.8, 4) is 0 Å². The summed E-state index contributed by atoms with van der Waals surface area (Å²) in [5, 5.41) is 15.9. The zero-order valence-corrected chi connectivity index (χ0v) is 10.1. The molecule has 1 unspecified atom stereocenters. The van der Waals surface area contributed by atoms with Crippen molar-refractivity contribution in [1.82, 2.24) is 10.6 Å². The number of non-ortho nitro benzene ring substituents is 1. The van der Waals surface area contributed by atoms with Crippen LogP contribution in [0.4, 0.5) is 10.1 Å². The van der Waals surface area contributed by atoms with Crippen molar-refractivity contribution in [2.45, 2.75) is 13.0 Å². The molecule has 1 aromatic rings. The molecule has 0 fully saturated rings. The van der Waals surface area contributed by atoms with Crippen LogP contribution >= 0.6 is 0 Å². The predicted octanol–water partition coefficient (Wildman–Crippen LogP) is 1.07. The van der Waals surface area contributed by atoms with Crippen molar-refractivity contribution >= 4 is 11.6 Å².